The van der Waals surface area contributed by atoms with Crippen LogP contribution in [-0.4, -0.2) is 54.3 Å². The highest BCUT2D eigenvalue weighted by Gasteiger charge is 2.24. The molecule has 2 aromatic carbocycles. The van der Waals surface area contributed by atoms with E-state index in [9.17, 15) is 18.4 Å². The van der Waals surface area contributed by atoms with Gasteiger partial charge in [0.1, 0.15) is 11.6 Å². The van der Waals surface area contributed by atoms with Gasteiger partial charge in [-0.1, -0.05) is 18.2 Å². The molecule has 0 saturated carbocycles. The van der Waals surface area contributed by atoms with Crippen LogP contribution in [0.25, 0.3) is 0 Å². The number of para-hydroxylation sites is 1. The third-order valence-electron chi connectivity index (χ3n) is 4.88. The molecule has 1 heterocycles. The summed E-state index contributed by atoms with van der Waals surface area (Å²) in [4.78, 5) is 28.3. The fraction of sp³-hybridized carbons (Fsp3) is 0.333. The maximum absolute atomic E-state index is 13.3. The van der Waals surface area contributed by atoms with E-state index in [1.165, 1.54) is 0 Å². The SMILES string of the molecule is Cc1cccc(C)c1NC(=O)CN1CCN(C(=O)c2cc(F)cc(F)c2)CC1. The van der Waals surface area contributed by atoms with Crippen molar-refractivity contribution in [2.75, 3.05) is 38.0 Å². The molecule has 0 aromatic heterocycles. The van der Waals surface area contributed by atoms with Crippen LogP contribution in [0.1, 0.15) is 21.5 Å². The predicted octanol–water partition coefficient (Wildman–Crippen LogP) is 2.98. The quantitative estimate of drug-likeness (QED) is 0.878. The third kappa shape index (κ3) is 4.72. The largest absolute Gasteiger partial charge is 0.336 e. The van der Waals surface area contributed by atoms with E-state index in [1.54, 1.807) is 4.90 Å². The number of nitrogens with zero attached hydrogens (tertiary/aromatic N) is 2. The van der Waals surface area contributed by atoms with Gasteiger partial charge in [0.2, 0.25) is 5.91 Å². The van der Waals surface area contributed by atoms with Gasteiger partial charge in [-0.25, -0.2) is 8.78 Å². The molecule has 5 nitrogen and oxygen atoms in total. The minimum atomic E-state index is -0.773. The second-order valence-corrected chi connectivity index (χ2v) is 7.04. The van der Waals surface area contributed by atoms with E-state index in [1.807, 2.05) is 36.9 Å². The minimum Gasteiger partial charge on any atom is -0.336 e. The highest BCUT2D eigenvalue weighted by molar-refractivity contribution is 5.95. The second-order valence-electron chi connectivity index (χ2n) is 7.04. The Morgan fingerprint density at radius 1 is 0.964 bits per heavy atom. The van der Waals surface area contributed by atoms with Gasteiger partial charge in [0.25, 0.3) is 5.91 Å². The first-order valence-corrected chi connectivity index (χ1v) is 9.17. The van der Waals surface area contributed by atoms with Gasteiger partial charge in [-0.3, -0.25) is 14.5 Å². The van der Waals surface area contributed by atoms with Crippen molar-refractivity contribution < 1.29 is 18.4 Å². The number of anilines is 1. The van der Waals surface area contributed by atoms with Crippen LogP contribution in [0.15, 0.2) is 36.4 Å². The average Bonchev–Trinajstić information content (AvgIpc) is 2.64. The molecule has 1 saturated heterocycles. The van der Waals surface area contributed by atoms with Crippen molar-refractivity contribution >= 4 is 17.5 Å². The Labute approximate surface area is 162 Å². The smallest absolute Gasteiger partial charge is 0.254 e. The number of hydrogen-bond donors (Lipinski definition) is 1. The minimum absolute atomic E-state index is 0.00118. The molecule has 0 spiro atoms. The Hall–Kier alpha value is -2.80. The van der Waals surface area contributed by atoms with Crippen LogP contribution >= 0.6 is 0 Å². The maximum atomic E-state index is 13.3. The topological polar surface area (TPSA) is 52.7 Å². The van der Waals surface area contributed by atoms with Crippen LogP contribution in [0.4, 0.5) is 14.5 Å². The fourth-order valence-electron chi connectivity index (χ4n) is 3.36. The van der Waals surface area contributed by atoms with Crippen molar-refractivity contribution in [3.8, 4) is 0 Å². The first-order chi connectivity index (χ1) is 13.3. The Morgan fingerprint density at radius 3 is 2.11 bits per heavy atom. The molecule has 28 heavy (non-hydrogen) atoms. The highest BCUT2D eigenvalue weighted by atomic mass is 19.1. The van der Waals surface area contributed by atoms with Crippen molar-refractivity contribution in [1.82, 2.24) is 9.80 Å². The number of amides is 2. The number of nitrogens with one attached hydrogen (secondary N) is 1. The molecule has 0 bridgehead atoms. The van der Waals surface area contributed by atoms with E-state index in [2.05, 4.69) is 5.32 Å². The van der Waals surface area contributed by atoms with Gasteiger partial charge in [0.15, 0.2) is 0 Å². The number of piperazine rings is 1. The average molecular weight is 387 g/mol. The summed E-state index contributed by atoms with van der Waals surface area (Å²) in [5, 5.41) is 2.95. The summed E-state index contributed by atoms with van der Waals surface area (Å²) >= 11 is 0. The van der Waals surface area contributed by atoms with Gasteiger partial charge in [-0.05, 0) is 37.1 Å². The molecule has 1 N–H and O–H groups in total. The highest BCUT2D eigenvalue weighted by Crippen LogP contribution is 2.19. The summed E-state index contributed by atoms with van der Waals surface area (Å²) in [6, 6.07) is 8.65. The van der Waals surface area contributed by atoms with Gasteiger partial charge in [0, 0.05) is 43.5 Å². The first kappa shape index (κ1) is 19.9. The van der Waals surface area contributed by atoms with Gasteiger partial charge in [-0.2, -0.15) is 0 Å². The number of halogens is 2. The molecule has 0 atom stereocenters. The zero-order chi connectivity index (χ0) is 20.3. The standard InChI is InChI=1S/C21H23F2N3O2/c1-14-4-3-5-15(2)20(14)24-19(27)13-25-6-8-26(9-7-25)21(28)16-10-17(22)12-18(23)11-16/h3-5,10-12H,6-9,13H2,1-2H3,(H,24,27). The molecule has 2 aromatic rings. The van der Waals surface area contributed by atoms with Crippen LogP contribution < -0.4 is 5.32 Å². The molecule has 1 fully saturated rings. The summed E-state index contributed by atoms with van der Waals surface area (Å²) in [7, 11) is 0. The number of benzene rings is 2. The van der Waals surface area contributed by atoms with Crippen molar-refractivity contribution in [3.05, 3.63) is 64.7 Å². The molecular weight excluding hydrogens is 364 g/mol. The van der Waals surface area contributed by atoms with Crippen LogP contribution in [0.3, 0.4) is 0 Å². The Morgan fingerprint density at radius 2 is 1.54 bits per heavy atom. The summed E-state index contributed by atoms with van der Waals surface area (Å²) in [5.41, 5.74) is 2.84. The van der Waals surface area contributed by atoms with Gasteiger partial charge in [-0.15, -0.1) is 0 Å². The zero-order valence-corrected chi connectivity index (χ0v) is 16.0. The molecule has 148 valence electrons. The lowest BCUT2D eigenvalue weighted by atomic mass is 10.1. The molecule has 7 heteroatoms. The summed E-state index contributed by atoms with van der Waals surface area (Å²) < 4.78 is 26.7. The normalized spacial score (nSPS) is 14.8. The maximum Gasteiger partial charge on any atom is 0.254 e. The van der Waals surface area contributed by atoms with E-state index < -0.39 is 17.5 Å². The molecule has 0 aliphatic carbocycles. The molecule has 1 aliphatic heterocycles. The molecule has 1 aliphatic rings. The first-order valence-electron chi connectivity index (χ1n) is 9.17. The van der Waals surface area contributed by atoms with Crippen molar-refractivity contribution in [1.29, 1.82) is 0 Å². The Bertz CT molecular complexity index is 853. The third-order valence-corrected chi connectivity index (χ3v) is 4.88. The van der Waals surface area contributed by atoms with Crippen LogP contribution in [-0.2, 0) is 4.79 Å². The summed E-state index contributed by atoms with van der Waals surface area (Å²) in [6.07, 6.45) is 0. The van der Waals surface area contributed by atoms with E-state index in [0.29, 0.717) is 26.2 Å². The van der Waals surface area contributed by atoms with Crippen LogP contribution in [0.2, 0.25) is 0 Å². The number of rotatable bonds is 4. The van der Waals surface area contributed by atoms with Gasteiger partial charge in [0.05, 0.1) is 6.54 Å². The Kier molecular flexibility index (Phi) is 6.04. The lowest BCUT2D eigenvalue weighted by Crippen LogP contribution is -2.50. The lowest BCUT2D eigenvalue weighted by molar-refractivity contribution is -0.117. The molecule has 3 rings (SSSR count). The van der Waals surface area contributed by atoms with E-state index >= 15 is 0 Å². The lowest BCUT2D eigenvalue weighted by Gasteiger charge is -2.34. The second kappa shape index (κ2) is 8.48. The number of hydrogen-bond acceptors (Lipinski definition) is 3. The van der Waals surface area contributed by atoms with E-state index in [-0.39, 0.29) is 18.0 Å². The number of aryl methyl sites for hydroxylation is 2. The predicted molar refractivity (Wildman–Crippen MR) is 103 cm³/mol. The van der Waals surface area contributed by atoms with Crippen molar-refractivity contribution in [2.45, 2.75) is 13.8 Å². The van der Waals surface area contributed by atoms with Gasteiger partial charge < -0.3 is 10.2 Å². The zero-order valence-electron chi connectivity index (χ0n) is 16.0. The monoisotopic (exact) mass is 387 g/mol. The molecular formula is C21H23F2N3O2. The van der Waals surface area contributed by atoms with Crippen LogP contribution in [0, 0.1) is 25.5 Å². The van der Waals surface area contributed by atoms with Gasteiger partial charge >= 0.3 is 0 Å². The van der Waals surface area contributed by atoms with E-state index in [0.717, 1.165) is 35.0 Å². The van der Waals surface area contributed by atoms with Crippen LogP contribution in [0.5, 0.6) is 0 Å². The molecule has 0 unspecified atom stereocenters. The summed E-state index contributed by atoms with van der Waals surface area (Å²) in [6.45, 7) is 5.95. The number of carbonyl (C=O) groups excluding carboxylic acids is 2. The van der Waals surface area contributed by atoms with Crippen molar-refractivity contribution in [2.24, 2.45) is 0 Å². The van der Waals surface area contributed by atoms with E-state index in [4.69, 9.17) is 0 Å². The summed E-state index contributed by atoms with van der Waals surface area (Å²) in [5.74, 6) is -2.06. The molecule has 2 amide bonds. The Balaban J connectivity index is 1.54. The van der Waals surface area contributed by atoms with Crippen molar-refractivity contribution in [3.63, 3.8) is 0 Å². The number of carbonyl (C=O) groups is 2. The fourth-order valence-corrected chi connectivity index (χ4v) is 3.36. The molecule has 0 radical (unpaired) electrons.